The molecule has 7 heteroatoms. The average molecular weight is 286 g/mol. The molecule has 1 N–H and O–H groups in total. The van der Waals surface area contributed by atoms with Gasteiger partial charge in [0.15, 0.2) is 15.3 Å². The van der Waals surface area contributed by atoms with Gasteiger partial charge in [0, 0.05) is 5.02 Å². The van der Waals surface area contributed by atoms with Gasteiger partial charge in [-0.25, -0.2) is 8.42 Å². The molecule has 1 aliphatic carbocycles. The number of carboxylic acids is 1. The first kappa shape index (κ1) is 12.9. The smallest absolute Gasteiger partial charge is 0.325 e. The number of rotatable bonds is 3. The molecule has 1 fully saturated rings. The van der Waals surface area contributed by atoms with Crippen molar-refractivity contribution in [1.82, 2.24) is 0 Å². The Kier molecular flexibility index (Phi) is 2.84. The van der Waals surface area contributed by atoms with Crippen LogP contribution in [0, 0.1) is 16.7 Å². The summed E-state index contributed by atoms with van der Waals surface area (Å²) in [4.78, 5) is 10.9. The van der Waals surface area contributed by atoms with Gasteiger partial charge in [-0.2, -0.15) is 5.26 Å². The quantitative estimate of drug-likeness (QED) is 0.907. The zero-order chi connectivity index (χ0) is 13.6. The fraction of sp³-hybridized carbons (Fsp3) is 0.273. The van der Waals surface area contributed by atoms with Crippen LogP contribution in [-0.2, 0) is 14.6 Å². The van der Waals surface area contributed by atoms with Gasteiger partial charge >= 0.3 is 5.97 Å². The highest BCUT2D eigenvalue weighted by Gasteiger charge is 2.68. The van der Waals surface area contributed by atoms with E-state index in [1.165, 1.54) is 24.3 Å². The van der Waals surface area contributed by atoms with Crippen LogP contribution >= 0.6 is 11.6 Å². The summed E-state index contributed by atoms with van der Waals surface area (Å²) in [6.45, 7) is 0. The molecule has 0 unspecified atom stereocenters. The van der Waals surface area contributed by atoms with Gasteiger partial charge in [-0.15, -0.1) is 0 Å². The minimum absolute atomic E-state index is 0.0183. The highest BCUT2D eigenvalue weighted by atomic mass is 35.5. The van der Waals surface area contributed by atoms with Crippen molar-refractivity contribution in [2.24, 2.45) is 5.41 Å². The minimum atomic E-state index is -3.81. The largest absolute Gasteiger partial charge is 0.480 e. The van der Waals surface area contributed by atoms with Gasteiger partial charge in [-0.3, -0.25) is 4.79 Å². The molecule has 1 aliphatic rings. The van der Waals surface area contributed by atoms with Crippen LogP contribution in [0.2, 0.25) is 5.02 Å². The average Bonchev–Trinajstić information content (AvgIpc) is 3.06. The molecular weight excluding hydrogens is 278 g/mol. The van der Waals surface area contributed by atoms with Crippen LogP contribution in [0.3, 0.4) is 0 Å². The standard InChI is InChI=1S/C11H8ClNO4S/c12-7-1-3-8(4-2-7)18(16,17)9-5-11(9,6-13)10(14)15/h1-4,9H,5H2,(H,14,15)/t9-,11+/m1/s1. The second-order valence-corrected chi connectivity index (χ2v) is 6.65. The van der Waals surface area contributed by atoms with Crippen LogP contribution in [0.25, 0.3) is 0 Å². The molecular formula is C11H8ClNO4S. The highest BCUT2D eigenvalue weighted by Crippen LogP contribution is 2.52. The van der Waals surface area contributed by atoms with Crippen molar-refractivity contribution in [2.75, 3.05) is 0 Å². The van der Waals surface area contributed by atoms with E-state index in [0.717, 1.165) is 0 Å². The molecule has 0 heterocycles. The van der Waals surface area contributed by atoms with Crippen LogP contribution in [-0.4, -0.2) is 24.7 Å². The molecule has 1 saturated carbocycles. The van der Waals surface area contributed by atoms with Crippen molar-refractivity contribution in [3.8, 4) is 6.07 Å². The maximum absolute atomic E-state index is 12.1. The number of halogens is 1. The van der Waals surface area contributed by atoms with Crippen molar-refractivity contribution in [2.45, 2.75) is 16.6 Å². The Morgan fingerprint density at radius 3 is 2.39 bits per heavy atom. The second kappa shape index (κ2) is 3.97. The molecule has 2 atom stereocenters. The van der Waals surface area contributed by atoms with Gasteiger partial charge in [0.1, 0.15) is 0 Å². The maximum Gasteiger partial charge on any atom is 0.325 e. The first-order valence-corrected chi connectivity index (χ1v) is 6.91. The van der Waals surface area contributed by atoms with Crippen LogP contribution in [0.5, 0.6) is 0 Å². The lowest BCUT2D eigenvalue weighted by Crippen LogP contribution is -2.22. The van der Waals surface area contributed by atoms with Gasteiger partial charge in [0.05, 0.1) is 16.2 Å². The summed E-state index contributed by atoms with van der Waals surface area (Å²) >= 11 is 5.65. The number of nitriles is 1. The molecule has 2 rings (SSSR count). The zero-order valence-electron chi connectivity index (χ0n) is 9.00. The molecule has 94 valence electrons. The van der Waals surface area contributed by atoms with Crippen molar-refractivity contribution in [1.29, 1.82) is 5.26 Å². The minimum Gasteiger partial charge on any atom is -0.480 e. The molecule has 0 aliphatic heterocycles. The molecule has 0 saturated heterocycles. The number of benzene rings is 1. The van der Waals surface area contributed by atoms with Crippen LogP contribution < -0.4 is 0 Å². The maximum atomic E-state index is 12.1. The molecule has 0 radical (unpaired) electrons. The van der Waals surface area contributed by atoms with Gasteiger partial charge in [0.25, 0.3) is 0 Å². The summed E-state index contributed by atoms with van der Waals surface area (Å²) in [5.74, 6) is -1.40. The number of hydrogen-bond donors (Lipinski definition) is 1. The van der Waals surface area contributed by atoms with E-state index in [0.29, 0.717) is 5.02 Å². The summed E-state index contributed by atoms with van der Waals surface area (Å²) in [6.07, 6.45) is -0.177. The van der Waals surface area contributed by atoms with Crippen molar-refractivity contribution in [3.63, 3.8) is 0 Å². The van der Waals surface area contributed by atoms with E-state index in [1.807, 2.05) is 0 Å². The Labute approximate surface area is 109 Å². The lowest BCUT2D eigenvalue weighted by atomic mass is 10.1. The number of sulfone groups is 1. The van der Waals surface area contributed by atoms with Crippen molar-refractivity contribution >= 4 is 27.4 Å². The number of nitrogens with zero attached hydrogens (tertiary/aromatic N) is 1. The highest BCUT2D eigenvalue weighted by molar-refractivity contribution is 7.92. The van der Waals surface area contributed by atoms with E-state index in [4.69, 9.17) is 22.0 Å². The lowest BCUT2D eigenvalue weighted by Gasteiger charge is -2.05. The summed E-state index contributed by atoms with van der Waals surface area (Å²) < 4.78 is 24.3. The summed E-state index contributed by atoms with van der Waals surface area (Å²) in [6, 6.07) is 7.01. The van der Waals surface area contributed by atoms with E-state index in [1.54, 1.807) is 6.07 Å². The summed E-state index contributed by atoms with van der Waals surface area (Å²) in [5.41, 5.74) is -1.81. The Hall–Kier alpha value is -1.58. The zero-order valence-corrected chi connectivity index (χ0v) is 10.6. The van der Waals surface area contributed by atoms with Crippen molar-refractivity contribution in [3.05, 3.63) is 29.3 Å². The summed E-state index contributed by atoms with van der Waals surface area (Å²) in [5, 5.41) is 17.0. The van der Waals surface area contributed by atoms with E-state index >= 15 is 0 Å². The van der Waals surface area contributed by atoms with Crippen molar-refractivity contribution < 1.29 is 18.3 Å². The number of carbonyl (C=O) groups is 1. The van der Waals surface area contributed by atoms with Gasteiger partial charge < -0.3 is 5.11 Å². The third kappa shape index (κ3) is 1.76. The number of hydrogen-bond acceptors (Lipinski definition) is 4. The number of aliphatic carboxylic acids is 1. The van der Waals surface area contributed by atoms with Gasteiger partial charge in [-0.1, -0.05) is 11.6 Å². The van der Waals surface area contributed by atoms with Crippen LogP contribution in [0.4, 0.5) is 0 Å². The van der Waals surface area contributed by atoms with Crippen LogP contribution in [0.1, 0.15) is 6.42 Å². The Morgan fingerprint density at radius 1 is 1.44 bits per heavy atom. The molecule has 0 bridgehead atoms. The molecule has 0 amide bonds. The molecule has 0 aromatic heterocycles. The Bertz CT molecular complexity index is 647. The first-order chi connectivity index (χ1) is 8.34. The fourth-order valence-electron chi connectivity index (χ4n) is 1.79. The molecule has 1 aromatic rings. The third-order valence-electron chi connectivity index (χ3n) is 2.99. The molecule has 0 spiro atoms. The predicted octanol–water partition coefficient (Wildman–Crippen LogP) is 1.48. The molecule has 18 heavy (non-hydrogen) atoms. The normalized spacial score (nSPS) is 26.3. The Morgan fingerprint density at radius 2 is 2.00 bits per heavy atom. The lowest BCUT2D eigenvalue weighted by molar-refractivity contribution is -0.141. The van der Waals surface area contributed by atoms with Crippen LogP contribution in [0.15, 0.2) is 29.2 Å². The van der Waals surface area contributed by atoms with E-state index in [2.05, 4.69) is 0 Å². The van der Waals surface area contributed by atoms with E-state index in [9.17, 15) is 13.2 Å². The van der Waals surface area contributed by atoms with E-state index in [-0.39, 0.29) is 11.3 Å². The molecule has 5 nitrogen and oxygen atoms in total. The topological polar surface area (TPSA) is 95.2 Å². The van der Waals surface area contributed by atoms with E-state index < -0.39 is 26.5 Å². The summed E-state index contributed by atoms with van der Waals surface area (Å²) in [7, 11) is -3.81. The first-order valence-electron chi connectivity index (χ1n) is 4.99. The third-order valence-corrected chi connectivity index (χ3v) is 5.49. The fourth-order valence-corrected chi connectivity index (χ4v) is 3.92. The molecule has 1 aromatic carbocycles. The van der Waals surface area contributed by atoms with Gasteiger partial charge in [-0.05, 0) is 30.7 Å². The number of carboxylic acid groups (broad SMARTS) is 1. The Balaban J connectivity index is 2.39. The second-order valence-electron chi connectivity index (χ2n) is 4.08. The SMILES string of the molecule is N#C[C@@]1(C(=O)O)C[C@H]1S(=O)(=O)c1ccc(Cl)cc1. The monoisotopic (exact) mass is 285 g/mol. The van der Waals surface area contributed by atoms with Gasteiger partial charge in [0.2, 0.25) is 0 Å². The predicted molar refractivity (Wildman–Crippen MR) is 62.7 cm³/mol.